The zero-order chi connectivity index (χ0) is 19.6. The van der Waals surface area contributed by atoms with E-state index < -0.39 is 0 Å². The lowest BCUT2D eigenvalue weighted by Crippen LogP contribution is -2.51. The van der Waals surface area contributed by atoms with E-state index in [2.05, 4.69) is 15.5 Å². The second kappa shape index (κ2) is 7.91. The molecule has 1 unspecified atom stereocenters. The number of hydrogen-bond donors (Lipinski definition) is 1. The van der Waals surface area contributed by atoms with Crippen molar-refractivity contribution in [1.29, 1.82) is 0 Å². The Morgan fingerprint density at radius 1 is 1.29 bits per heavy atom. The molecule has 150 valence electrons. The van der Waals surface area contributed by atoms with Crippen LogP contribution >= 0.6 is 0 Å². The largest absolute Gasteiger partial charge is 0.375 e. The number of nitrogens with one attached hydrogen (secondary N) is 1. The van der Waals surface area contributed by atoms with Crippen molar-refractivity contribution >= 4 is 11.7 Å². The molecule has 2 amide bonds. The lowest BCUT2D eigenvalue weighted by Gasteiger charge is -2.46. The van der Waals surface area contributed by atoms with Gasteiger partial charge in [0, 0.05) is 38.7 Å². The van der Waals surface area contributed by atoms with Crippen molar-refractivity contribution in [3.05, 3.63) is 41.5 Å². The van der Waals surface area contributed by atoms with Gasteiger partial charge < -0.3 is 19.5 Å². The summed E-state index contributed by atoms with van der Waals surface area (Å²) in [5, 5.41) is 7.07. The van der Waals surface area contributed by atoms with Gasteiger partial charge >= 0.3 is 6.03 Å². The van der Waals surface area contributed by atoms with Crippen LogP contribution in [0.25, 0.3) is 0 Å². The molecule has 1 spiro atoms. The first-order valence-corrected chi connectivity index (χ1v) is 10.1. The van der Waals surface area contributed by atoms with Gasteiger partial charge in [0.1, 0.15) is 0 Å². The number of aryl methyl sites for hydroxylation is 2. The molecule has 1 aromatic heterocycles. The number of anilines is 1. The van der Waals surface area contributed by atoms with E-state index in [1.165, 1.54) is 0 Å². The van der Waals surface area contributed by atoms with Crippen molar-refractivity contribution in [2.24, 2.45) is 5.92 Å². The third-order valence-electron chi connectivity index (χ3n) is 5.98. The number of hydrogen-bond acceptors (Lipinski definition) is 5. The molecule has 2 aliphatic rings. The maximum Gasteiger partial charge on any atom is 0.321 e. The second-order valence-electron chi connectivity index (χ2n) is 8.06. The topological polar surface area (TPSA) is 80.5 Å². The van der Waals surface area contributed by atoms with Gasteiger partial charge in [0.2, 0.25) is 5.89 Å². The van der Waals surface area contributed by atoms with Crippen LogP contribution in [0.1, 0.15) is 43.0 Å². The van der Waals surface area contributed by atoms with Crippen LogP contribution in [0, 0.1) is 19.8 Å². The summed E-state index contributed by atoms with van der Waals surface area (Å²) >= 11 is 0. The van der Waals surface area contributed by atoms with E-state index in [4.69, 9.17) is 9.26 Å². The molecule has 0 aliphatic carbocycles. The minimum absolute atomic E-state index is 0.0289. The molecule has 2 fully saturated rings. The lowest BCUT2D eigenvalue weighted by atomic mass is 9.78. The number of urea groups is 1. The molecule has 0 saturated carbocycles. The molecule has 2 saturated heterocycles. The van der Waals surface area contributed by atoms with Gasteiger partial charge in [0.05, 0.1) is 5.60 Å². The summed E-state index contributed by atoms with van der Waals surface area (Å²) in [6.07, 6.45) is 4.59. The van der Waals surface area contributed by atoms with Gasteiger partial charge in [-0.2, -0.15) is 4.98 Å². The van der Waals surface area contributed by atoms with Gasteiger partial charge in [-0.15, -0.1) is 0 Å². The Hall–Kier alpha value is -2.41. The molecule has 7 nitrogen and oxygen atoms in total. The van der Waals surface area contributed by atoms with Crippen molar-refractivity contribution in [3.8, 4) is 0 Å². The number of rotatable bonds is 3. The summed E-state index contributed by atoms with van der Waals surface area (Å²) in [5.74, 6) is 1.90. The molecule has 0 bridgehead atoms. The fourth-order valence-electron chi connectivity index (χ4n) is 4.36. The first kappa shape index (κ1) is 18.9. The summed E-state index contributed by atoms with van der Waals surface area (Å²) in [4.78, 5) is 18.9. The van der Waals surface area contributed by atoms with Crippen LogP contribution in [0.4, 0.5) is 10.5 Å². The maximum absolute atomic E-state index is 12.6. The Morgan fingerprint density at radius 3 is 2.79 bits per heavy atom. The number of likely N-dealkylation sites (tertiary alicyclic amines) is 1. The van der Waals surface area contributed by atoms with Crippen LogP contribution < -0.4 is 5.32 Å². The van der Waals surface area contributed by atoms with E-state index in [1.54, 1.807) is 0 Å². The molecule has 4 rings (SSSR count). The summed E-state index contributed by atoms with van der Waals surface area (Å²) in [7, 11) is 0. The lowest BCUT2D eigenvalue weighted by molar-refractivity contribution is -0.122. The van der Waals surface area contributed by atoms with Crippen molar-refractivity contribution in [3.63, 3.8) is 0 Å². The number of carbonyl (C=O) groups excluding carboxylic acids is 1. The Labute approximate surface area is 165 Å². The maximum atomic E-state index is 12.6. The number of nitrogens with zero attached hydrogens (tertiary/aromatic N) is 3. The summed E-state index contributed by atoms with van der Waals surface area (Å²) in [5.41, 5.74) is 1.82. The molecule has 7 heteroatoms. The Bertz CT molecular complexity index is 827. The van der Waals surface area contributed by atoms with Crippen LogP contribution in [0.3, 0.4) is 0 Å². The minimum atomic E-state index is -0.124. The van der Waals surface area contributed by atoms with Crippen molar-refractivity contribution in [2.45, 2.75) is 51.6 Å². The second-order valence-corrected chi connectivity index (χ2v) is 8.06. The Morgan fingerprint density at radius 2 is 2.07 bits per heavy atom. The van der Waals surface area contributed by atoms with Crippen LogP contribution in [-0.2, 0) is 11.2 Å². The van der Waals surface area contributed by atoms with Gasteiger partial charge in [-0.25, -0.2) is 4.79 Å². The first-order valence-electron chi connectivity index (χ1n) is 10.1. The molecule has 1 atom stereocenters. The highest BCUT2D eigenvalue weighted by molar-refractivity contribution is 5.90. The van der Waals surface area contributed by atoms with E-state index in [9.17, 15) is 4.79 Å². The molecular formula is C21H28N4O3. The number of piperidine rings is 1. The predicted molar refractivity (Wildman–Crippen MR) is 105 cm³/mol. The third-order valence-corrected chi connectivity index (χ3v) is 5.98. The van der Waals surface area contributed by atoms with E-state index in [0.29, 0.717) is 24.9 Å². The van der Waals surface area contributed by atoms with Crippen LogP contribution in [0.15, 0.2) is 28.8 Å². The SMILES string of the molecule is Cc1nc(CC2CCOC3(CCN(C(=O)Nc4ccccc4C)CC3)C2)no1. The van der Waals surface area contributed by atoms with Crippen molar-refractivity contribution in [1.82, 2.24) is 15.0 Å². The smallest absolute Gasteiger partial charge is 0.321 e. The summed E-state index contributed by atoms with van der Waals surface area (Å²) < 4.78 is 11.3. The van der Waals surface area contributed by atoms with Crippen LogP contribution in [0.2, 0.25) is 0 Å². The number of carbonyl (C=O) groups is 1. The Balaban J connectivity index is 1.32. The fraction of sp³-hybridized carbons (Fsp3) is 0.571. The van der Waals surface area contributed by atoms with E-state index in [1.807, 2.05) is 43.0 Å². The molecule has 1 aromatic carbocycles. The van der Waals surface area contributed by atoms with E-state index in [-0.39, 0.29) is 11.6 Å². The quantitative estimate of drug-likeness (QED) is 0.872. The minimum Gasteiger partial charge on any atom is -0.375 e. The van der Waals surface area contributed by atoms with Crippen molar-refractivity contribution < 1.29 is 14.1 Å². The Kier molecular flexibility index (Phi) is 5.35. The van der Waals surface area contributed by atoms with Gasteiger partial charge in [-0.1, -0.05) is 23.4 Å². The standard InChI is InChI=1S/C21H28N4O3/c1-15-5-3-4-6-18(15)23-20(26)25-10-8-21(9-11-25)14-17(7-12-27-21)13-19-22-16(2)28-24-19/h3-6,17H,7-14H2,1-2H3,(H,23,26). The average molecular weight is 384 g/mol. The van der Waals surface area contributed by atoms with E-state index in [0.717, 1.165) is 55.8 Å². The molecule has 2 aromatic rings. The zero-order valence-corrected chi connectivity index (χ0v) is 16.6. The fourth-order valence-corrected chi connectivity index (χ4v) is 4.36. The first-order chi connectivity index (χ1) is 13.5. The average Bonchev–Trinajstić information content (AvgIpc) is 3.09. The molecule has 3 heterocycles. The highest BCUT2D eigenvalue weighted by Crippen LogP contribution is 2.38. The van der Waals surface area contributed by atoms with Gasteiger partial charge in [-0.05, 0) is 50.2 Å². The number of ether oxygens (including phenoxy) is 1. The number of amides is 2. The predicted octanol–water partition coefficient (Wildman–Crippen LogP) is 3.72. The zero-order valence-electron chi connectivity index (χ0n) is 16.6. The highest BCUT2D eigenvalue weighted by atomic mass is 16.5. The normalized spacial score (nSPS) is 21.6. The van der Waals surface area contributed by atoms with Crippen LogP contribution in [-0.4, -0.2) is 46.4 Å². The summed E-state index contributed by atoms with van der Waals surface area (Å²) in [6, 6.07) is 7.82. The van der Waals surface area contributed by atoms with Crippen molar-refractivity contribution in [2.75, 3.05) is 25.0 Å². The van der Waals surface area contributed by atoms with Gasteiger partial charge in [0.25, 0.3) is 0 Å². The third kappa shape index (κ3) is 4.19. The number of benzene rings is 1. The van der Waals surface area contributed by atoms with E-state index >= 15 is 0 Å². The molecule has 1 N–H and O–H groups in total. The monoisotopic (exact) mass is 384 g/mol. The number of para-hydroxylation sites is 1. The van der Waals surface area contributed by atoms with Crippen LogP contribution in [0.5, 0.6) is 0 Å². The molecule has 0 radical (unpaired) electrons. The summed E-state index contributed by atoms with van der Waals surface area (Å²) in [6.45, 7) is 6.01. The molecule has 28 heavy (non-hydrogen) atoms. The highest BCUT2D eigenvalue weighted by Gasteiger charge is 2.41. The molecular weight excluding hydrogens is 356 g/mol. The number of aromatic nitrogens is 2. The van der Waals surface area contributed by atoms with Gasteiger partial charge in [0.15, 0.2) is 5.82 Å². The molecule has 2 aliphatic heterocycles. The van der Waals surface area contributed by atoms with Gasteiger partial charge in [-0.3, -0.25) is 0 Å².